The third kappa shape index (κ3) is 4.06. The summed E-state index contributed by atoms with van der Waals surface area (Å²) in [6, 6.07) is 10.6. The summed E-state index contributed by atoms with van der Waals surface area (Å²) in [6.07, 6.45) is 8.34. The van der Waals surface area contributed by atoms with Crippen LogP contribution < -0.4 is 5.32 Å². The number of rotatable bonds is 6. The molecule has 2 aromatic rings. The van der Waals surface area contributed by atoms with Gasteiger partial charge in [0, 0.05) is 17.6 Å². The Morgan fingerprint density at radius 3 is 2.56 bits per heavy atom. The van der Waals surface area contributed by atoms with Crippen molar-refractivity contribution >= 4 is 17.7 Å². The highest BCUT2D eigenvalue weighted by atomic mass is 32.2. The third-order valence-electron chi connectivity index (χ3n) is 4.92. The van der Waals surface area contributed by atoms with E-state index in [0.29, 0.717) is 17.7 Å². The van der Waals surface area contributed by atoms with Crippen molar-refractivity contribution < 1.29 is 4.79 Å². The van der Waals surface area contributed by atoms with Crippen molar-refractivity contribution in [2.45, 2.75) is 62.1 Å². The Kier molecular flexibility index (Phi) is 5.06. The molecule has 0 bridgehead atoms. The van der Waals surface area contributed by atoms with Crippen molar-refractivity contribution in [1.29, 1.82) is 0 Å². The minimum Gasteiger partial charge on any atom is -0.353 e. The number of aromatic nitrogens is 3. The molecule has 1 N–H and O–H groups in total. The quantitative estimate of drug-likeness (QED) is 0.802. The molecule has 0 saturated heterocycles. The van der Waals surface area contributed by atoms with Crippen LogP contribution in [0.25, 0.3) is 5.69 Å². The Morgan fingerprint density at radius 2 is 1.84 bits per heavy atom. The van der Waals surface area contributed by atoms with Crippen LogP contribution in [-0.4, -0.2) is 32.5 Å². The molecule has 25 heavy (non-hydrogen) atoms. The maximum atomic E-state index is 12.3. The Morgan fingerprint density at radius 1 is 1.08 bits per heavy atom. The Bertz CT molecular complexity index is 720. The van der Waals surface area contributed by atoms with Crippen molar-refractivity contribution in [3.05, 3.63) is 36.2 Å². The molecular formula is C19H24N4OS. The lowest BCUT2D eigenvalue weighted by Crippen LogP contribution is -2.37. The van der Waals surface area contributed by atoms with Crippen LogP contribution in [0.3, 0.4) is 0 Å². The second kappa shape index (κ2) is 7.60. The first-order valence-electron chi connectivity index (χ1n) is 9.24. The molecule has 2 fully saturated rings. The van der Waals surface area contributed by atoms with Crippen molar-refractivity contribution in [2.24, 2.45) is 0 Å². The number of benzene rings is 1. The van der Waals surface area contributed by atoms with Gasteiger partial charge >= 0.3 is 0 Å². The lowest BCUT2D eigenvalue weighted by molar-refractivity contribution is -0.119. The molecule has 1 aromatic heterocycles. The molecule has 1 heterocycles. The van der Waals surface area contributed by atoms with Crippen molar-refractivity contribution in [1.82, 2.24) is 20.1 Å². The van der Waals surface area contributed by atoms with Gasteiger partial charge in [-0.05, 0) is 37.8 Å². The number of carbonyl (C=O) groups excluding carboxylic acids is 1. The lowest BCUT2D eigenvalue weighted by Gasteiger charge is -2.22. The zero-order valence-electron chi connectivity index (χ0n) is 14.4. The van der Waals surface area contributed by atoms with Gasteiger partial charge in [-0.3, -0.25) is 9.36 Å². The number of hydrogen-bond acceptors (Lipinski definition) is 4. The minimum atomic E-state index is 0.104. The number of para-hydroxylation sites is 1. The standard InChI is InChI=1S/C19H24N4OS/c24-17(20-15-7-3-1-4-8-15)13-25-19-22-21-18(14-11-12-14)23(19)16-9-5-2-6-10-16/h2,5-6,9-10,14-15H,1,3-4,7-8,11-13H2,(H,20,24). The average molecular weight is 356 g/mol. The Labute approximate surface area is 152 Å². The Hall–Kier alpha value is -1.82. The summed E-state index contributed by atoms with van der Waals surface area (Å²) < 4.78 is 2.12. The van der Waals surface area contributed by atoms with E-state index in [1.807, 2.05) is 18.2 Å². The summed E-state index contributed by atoms with van der Waals surface area (Å²) in [6.45, 7) is 0. The Balaban J connectivity index is 1.44. The smallest absolute Gasteiger partial charge is 0.230 e. The predicted octanol–water partition coefficient (Wildman–Crippen LogP) is 3.69. The summed E-state index contributed by atoms with van der Waals surface area (Å²) in [4.78, 5) is 12.3. The second-order valence-corrected chi connectivity index (χ2v) is 7.92. The van der Waals surface area contributed by atoms with Crippen LogP contribution in [0, 0.1) is 0 Å². The number of thioether (sulfide) groups is 1. The van der Waals surface area contributed by atoms with E-state index in [0.717, 1.165) is 29.5 Å². The molecule has 2 aliphatic rings. The van der Waals surface area contributed by atoms with E-state index in [2.05, 4.69) is 32.2 Å². The van der Waals surface area contributed by atoms with Gasteiger partial charge in [0.25, 0.3) is 0 Å². The molecular weight excluding hydrogens is 332 g/mol. The molecule has 0 atom stereocenters. The minimum absolute atomic E-state index is 0.104. The SMILES string of the molecule is O=C(CSc1nnc(C2CC2)n1-c1ccccc1)NC1CCCCC1. The van der Waals surface area contributed by atoms with Gasteiger partial charge < -0.3 is 5.32 Å². The largest absolute Gasteiger partial charge is 0.353 e. The van der Waals surface area contributed by atoms with E-state index >= 15 is 0 Å². The van der Waals surface area contributed by atoms with E-state index in [4.69, 9.17) is 0 Å². The zero-order chi connectivity index (χ0) is 17.1. The van der Waals surface area contributed by atoms with Gasteiger partial charge in [-0.1, -0.05) is 49.2 Å². The fraction of sp³-hybridized carbons (Fsp3) is 0.526. The number of nitrogens with one attached hydrogen (secondary N) is 1. The lowest BCUT2D eigenvalue weighted by atomic mass is 9.95. The number of carbonyl (C=O) groups is 1. The fourth-order valence-corrected chi connectivity index (χ4v) is 4.22. The predicted molar refractivity (Wildman–Crippen MR) is 99.1 cm³/mol. The highest BCUT2D eigenvalue weighted by molar-refractivity contribution is 7.99. The van der Waals surface area contributed by atoms with Crippen LogP contribution in [0.5, 0.6) is 0 Å². The maximum absolute atomic E-state index is 12.3. The highest BCUT2D eigenvalue weighted by Crippen LogP contribution is 2.41. The molecule has 2 saturated carbocycles. The van der Waals surface area contributed by atoms with E-state index in [1.54, 1.807) is 0 Å². The van der Waals surface area contributed by atoms with Crippen LogP contribution in [0.1, 0.15) is 56.7 Å². The number of hydrogen-bond donors (Lipinski definition) is 1. The maximum Gasteiger partial charge on any atom is 0.230 e. The number of nitrogens with zero attached hydrogens (tertiary/aromatic N) is 3. The first-order valence-corrected chi connectivity index (χ1v) is 10.2. The summed E-state index contributed by atoms with van der Waals surface area (Å²) in [5.74, 6) is 2.04. The van der Waals surface area contributed by atoms with Crippen molar-refractivity contribution in [3.63, 3.8) is 0 Å². The first kappa shape index (κ1) is 16.6. The molecule has 5 nitrogen and oxygen atoms in total. The average Bonchev–Trinajstić information content (AvgIpc) is 3.41. The first-order chi connectivity index (χ1) is 12.3. The summed E-state index contributed by atoms with van der Waals surface area (Å²) in [7, 11) is 0. The van der Waals surface area contributed by atoms with E-state index in [-0.39, 0.29) is 5.91 Å². The monoisotopic (exact) mass is 356 g/mol. The normalized spacial score (nSPS) is 18.2. The molecule has 1 aromatic carbocycles. The summed E-state index contributed by atoms with van der Waals surface area (Å²) in [5, 5.41) is 12.8. The van der Waals surface area contributed by atoms with Crippen LogP contribution in [-0.2, 0) is 4.79 Å². The van der Waals surface area contributed by atoms with Crippen molar-refractivity contribution in [2.75, 3.05) is 5.75 Å². The van der Waals surface area contributed by atoms with E-state index in [9.17, 15) is 4.79 Å². The van der Waals surface area contributed by atoms with Crippen LogP contribution in [0.2, 0.25) is 0 Å². The van der Waals surface area contributed by atoms with Crippen LogP contribution in [0.15, 0.2) is 35.5 Å². The third-order valence-corrected chi connectivity index (χ3v) is 5.85. The van der Waals surface area contributed by atoms with Crippen LogP contribution >= 0.6 is 11.8 Å². The molecule has 0 unspecified atom stereocenters. The molecule has 6 heteroatoms. The van der Waals surface area contributed by atoms with Crippen LogP contribution in [0.4, 0.5) is 0 Å². The molecule has 0 spiro atoms. The molecule has 2 aliphatic carbocycles. The van der Waals surface area contributed by atoms with Gasteiger partial charge in [0.2, 0.25) is 5.91 Å². The van der Waals surface area contributed by atoms with Gasteiger partial charge in [0.1, 0.15) is 5.82 Å². The fourth-order valence-electron chi connectivity index (χ4n) is 3.45. The molecule has 0 radical (unpaired) electrons. The van der Waals surface area contributed by atoms with Gasteiger partial charge in [-0.2, -0.15) is 0 Å². The van der Waals surface area contributed by atoms with Gasteiger partial charge in [0.15, 0.2) is 5.16 Å². The van der Waals surface area contributed by atoms with Crippen molar-refractivity contribution in [3.8, 4) is 5.69 Å². The topological polar surface area (TPSA) is 59.8 Å². The van der Waals surface area contributed by atoms with Gasteiger partial charge in [-0.15, -0.1) is 10.2 Å². The van der Waals surface area contributed by atoms with Gasteiger partial charge in [-0.25, -0.2) is 0 Å². The summed E-state index contributed by atoms with van der Waals surface area (Å²) >= 11 is 1.48. The van der Waals surface area contributed by atoms with E-state index < -0.39 is 0 Å². The molecule has 4 rings (SSSR count). The summed E-state index contributed by atoms with van der Waals surface area (Å²) in [5.41, 5.74) is 1.07. The number of amides is 1. The molecule has 1 amide bonds. The molecule has 132 valence electrons. The van der Waals surface area contributed by atoms with Gasteiger partial charge in [0.05, 0.1) is 5.75 Å². The second-order valence-electron chi connectivity index (χ2n) is 6.98. The zero-order valence-corrected chi connectivity index (χ0v) is 15.2. The highest BCUT2D eigenvalue weighted by Gasteiger charge is 2.31. The molecule has 0 aliphatic heterocycles. The van der Waals surface area contributed by atoms with E-state index in [1.165, 1.54) is 43.9 Å².